The van der Waals surface area contributed by atoms with Crippen molar-refractivity contribution in [2.24, 2.45) is 0 Å². The SMILES string of the molecule is C[S+](=O)(O)c1ccc(C(=O)n2nc(C(=O)Nc3ccc4c(c3)OCO4)c3ccccc32)cc1. The first kappa shape index (κ1) is 20.9. The van der Waals surface area contributed by atoms with Gasteiger partial charge in [0.25, 0.3) is 11.8 Å². The largest absolute Gasteiger partial charge is 0.454 e. The maximum atomic E-state index is 13.1. The molecule has 3 aromatic carbocycles. The summed E-state index contributed by atoms with van der Waals surface area (Å²) >= 11 is 0. The molecular formula is C23H18N3O6S+. The summed E-state index contributed by atoms with van der Waals surface area (Å²) in [5.74, 6) is 0.165. The summed E-state index contributed by atoms with van der Waals surface area (Å²) in [7, 11) is -3.14. The van der Waals surface area contributed by atoms with Crippen LogP contribution in [0.15, 0.2) is 71.6 Å². The number of benzene rings is 3. The van der Waals surface area contributed by atoms with Gasteiger partial charge in [-0.15, -0.1) is 0 Å². The molecule has 1 amide bonds. The van der Waals surface area contributed by atoms with E-state index in [-0.39, 0.29) is 22.9 Å². The number of anilines is 1. The lowest BCUT2D eigenvalue weighted by molar-refractivity contribution is 0.0949. The molecule has 1 aliphatic heterocycles. The second-order valence-electron chi connectivity index (χ2n) is 7.43. The number of carbonyl (C=O) groups excluding carboxylic acids is 2. The van der Waals surface area contributed by atoms with Crippen LogP contribution in [0, 0.1) is 0 Å². The Bertz CT molecular complexity index is 1460. The maximum absolute atomic E-state index is 13.1. The molecule has 0 saturated heterocycles. The van der Waals surface area contributed by atoms with Gasteiger partial charge in [-0.25, -0.2) is 0 Å². The second kappa shape index (κ2) is 7.84. The first-order valence-electron chi connectivity index (χ1n) is 9.86. The predicted molar refractivity (Wildman–Crippen MR) is 121 cm³/mol. The second-order valence-corrected chi connectivity index (χ2v) is 9.51. The van der Waals surface area contributed by atoms with E-state index in [9.17, 15) is 18.4 Å². The van der Waals surface area contributed by atoms with E-state index in [2.05, 4.69) is 10.4 Å². The van der Waals surface area contributed by atoms with Gasteiger partial charge >= 0.3 is 0 Å². The summed E-state index contributed by atoms with van der Waals surface area (Å²) in [6, 6.07) is 17.7. The van der Waals surface area contributed by atoms with E-state index in [4.69, 9.17) is 9.47 Å². The summed E-state index contributed by atoms with van der Waals surface area (Å²) in [6.07, 6.45) is 1.20. The van der Waals surface area contributed by atoms with E-state index >= 15 is 0 Å². The Morgan fingerprint density at radius 3 is 2.52 bits per heavy atom. The van der Waals surface area contributed by atoms with E-state index in [0.717, 1.165) is 4.68 Å². The molecule has 1 unspecified atom stereocenters. The van der Waals surface area contributed by atoms with Crippen molar-refractivity contribution in [2.45, 2.75) is 4.90 Å². The number of amides is 1. The molecule has 0 fully saturated rings. The molecule has 0 aliphatic carbocycles. The highest BCUT2D eigenvalue weighted by Gasteiger charge is 2.24. The van der Waals surface area contributed by atoms with Gasteiger partial charge in [0, 0.05) is 22.7 Å². The molecule has 1 aliphatic rings. The van der Waals surface area contributed by atoms with Crippen LogP contribution >= 0.6 is 0 Å². The van der Waals surface area contributed by atoms with Crippen molar-refractivity contribution in [3.05, 3.63) is 78.0 Å². The number of fused-ring (bicyclic) bond motifs is 2. The Balaban J connectivity index is 1.48. The minimum atomic E-state index is -3.14. The van der Waals surface area contributed by atoms with Crippen LogP contribution in [0.25, 0.3) is 10.9 Å². The zero-order chi connectivity index (χ0) is 23.2. The Morgan fingerprint density at radius 1 is 1.03 bits per heavy atom. The number of hydrogen-bond donors (Lipinski definition) is 2. The van der Waals surface area contributed by atoms with E-state index < -0.39 is 22.0 Å². The molecule has 2 heterocycles. The maximum Gasteiger partial charge on any atom is 0.278 e. The minimum Gasteiger partial charge on any atom is -0.454 e. The van der Waals surface area contributed by atoms with Crippen LogP contribution in [0.1, 0.15) is 20.8 Å². The van der Waals surface area contributed by atoms with Crippen molar-refractivity contribution in [3.8, 4) is 11.5 Å². The number of hydrogen-bond acceptors (Lipinski definition) is 6. The third-order valence-corrected chi connectivity index (χ3v) is 6.31. The molecule has 0 saturated carbocycles. The molecule has 5 rings (SSSR count). The van der Waals surface area contributed by atoms with Crippen LogP contribution in [0.4, 0.5) is 5.69 Å². The van der Waals surface area contributed by atoms with Crippen LogP contribution < -0.4 is 14.8 Å². The number of para-hydroxylation sites is 1. The standard InChI is InChI=1S/C23H17N3O6S/c1-33(29,30)16-9-6-14(7-10-16)23(28)26-18-5-3-2-4-17(18)21(25-26)22(27)24-15-8-11-19-20(12-15)32-13-31-19/h2-12H,13H2,1H3,(H-,24,27,29,30)/p+1. The van der Waals surface area contributed by atoms with Gasteiger partial charge in [-0.1, -0.05) is 22.4 Å². The number of nitrogens with one attached hydrogen (secondary N) is 1. The first-order chi connectivity index (χ1) is 15.8. The van der Waals surface area contributed by atoms with Crippen molar-refractivity contribution in [1.29, 1.82) is 0 Å². The molecule has 1 aromatic heterocycles. The molecule has 0 radical (unpaired) electrons. The van der Waals surface area contributed by atoms with Gasteiger partial charge in [-0.3, -0.25) is 9.59 Å². The zero-order valence-corrected chi connectivity index (χ0v) is 18.2. The fourth-order valence-electron chi connectivity index (χ4n) is 3.53. The Morgan fingerprint density at radius 2 is 1.76 bits per heavy atom. The summed E-state index contributed by atoms with van der Waals surface area (Å²) in [5.41, 5.74) is 1.30. The molecule has 2 N–H and O–H groups in total. The van der Waals surface area contributed by atoms with Gasteiger partial charge in [0.15, 0.2) is 22.1 Å². The van der Waals surface area contributed by atoms with Crippen molar-refractivity contribution >= 4 is 38.6 Å². The van der Waals surface area contributed by atoms with Gasteiger partial charge in [-0.2, -0.15) is 14.3 Å². The quantitative estimate of drug-likeness (QED) is 0.442. The van der Waals surface area contributed by atoms with Crippen molar-refractivity contribution in [2.75, 3.05) is 18.4 Å². The average Bonchev–Trinajstić information content (AvgIpc) is 3.42. The molecule has 0 bridgehead atoms. The van der Waals surface area contributed by atoms with Gasteiger partial charge in [0.05, 0.1) is 5.52 Å². The molecule has 1 atom stereocenters. The first-order valence-corrected chi connectivity index (χ1v) is 11.8. The Labute approximate surface area is 189 Å². The topological polar surface area (TPSA) is 120 Å². The van der Waals surface area contributed by atoms with Crippen molar-refractivity contribution in [3.63, 3.8) is 0 Å². The lowest BCUT2D eigenvalue weighted by Gasteiger charge is -2.05. The monoisotopic (exact) mass is 464 g/mol. The van der Waals surface area contributed by atoms with Gasteiger partial charge in [-0.05, 0) is 42.5 Å². The number of aromatic nitrogens is 2. The summed E-state index contributed by atoms with van der Waals surface area (Å²) in [4.78, 5) is 26.4. The number of ether oxygens (including phenoxy) is 2. The van der Waals surface area contributed by atoms with Crippen LogP contribution in [-0.4, -0.2) is 39.2 Å². The van der Waals surface area contributed by atoms with Gasteiger partial charge in [0.2, 0.25) is 17.0 Å². The summed E-state index contributed by atoms with van der Waals surface area (Å²) in [5, 5.41) is 7.58. The highest BCUT2D eigenvalue weighted by atomic mass is 32.3. The molecular weight excluding hydrogens is 446 g/mol. The summed E-state index contributed by atoms with van der Waals surface area (Å²) in [6.45, 7) is 0.124. The summed E-state index contributed by atoms with van der Waals surface area (Å²) < 4.78 is 33.3. The molecule has 166 valence electrons. The molecule has 0 spiro atoms. The molecule has 4 aromatic rings. The van der Waals surface area contributed by atoms with E-state index in [1.165, 1.54) is 30.5 Å². The average molecular weight is 464 g/mol. The number of rotatable bonds is 4. The molecule has 10 heteroatoms. The van der Waals surface area contributed by atoms with Crippen molar-refractivity contribution < 1.29 is 27.8 Å². The predicted octanol–water partition coefficient (Wildman–Crippen LogP) is 3.67. The van der Waals surface area contributed by atoms with E-state index in [1.54, 1.807) is 42.5 Å². The molecule has 33 heavy (non-hydrogen) atoms. The Hall–Kier alpha value is -4.02. The minimum absolute atomic E-state index is 0.0835. The number of nitrogens with zero attached hydrogens (tertiary/aromatic N) is 2. The lowest BCUT2D eigenvalue weighted by atomic mass is 10.2. The van der Waals surface area contributed by atoms with Gasteiger partial charge in [0.1, 0.15) is 6.26 Å². The van der Waals surface area contributed by atoms with E-state index in [1.807, 2.05) is 0 Å². The van der Waals surface area contributed by atoms with Gasteiger partial charge < -0.3 is 14.8 Å². The third-order valence-electron chi connectivity index (χ3n) is 5.16. The van der Waals surface area contributed by atoms with Crippen LogP contribution in [0.3, 0.4) is 0 Å². The molecule has 9 nitrogen and oxygen atoms in total. The lowest BCUT2D eigenvalue weighted by Crippen LogP contribution is -2.17. The Kier molecular flexibility index (Phi) is 4.95. The zero-order valence-electron chi connectivity index (χ0n) is 17.3. The normalized spacial score (nSPS) is 14.1. The van der Waals surface area contributed by atoms with Crippen LogP contribution in [0.5, 0.6) is 11.5 Å². The van der Waals surface area contributed by atoms with E-state index in [0.29, 0.717) is 28.1 Å². The van der Waals surface area contributed by atoms with Crippen molar-refractivity contribution in [1.82, 2.24) is 9.78 Å². The number of carbonyl (C=O) groups is 2. The fraction of sp³-hybridized carbons (Fsp3) is 0.0870. The fourth-order valence-corrected chi connectivity index (χ4v) is 4.17. The third kappa shape index (κ3) is 3.86. The van der Waals surface area contributed by atoms with Crippen LogP contribution in [0.2, 0.25) is 0 Å². The smallest absolute Gasteiger partial charge is 0.278 e. The highest BCUT2D eigenvalue weighted by Crippen LogP contribution is 2.34. The van der Waals surface area contributed by atoms with Crippen LogP contribution in [-0.2, 0) is 14.4 Å². The highest BCUT2D eigenvalue weighted by molar-refractivity contribution is 7.97.